The van der Waals surface area contributed by atoms with Crippen LogP contribution in [0.1, 0.15) is 78.2 Å². The predicted octanol–water partition coefficient (Wildman–Crippen LogP) is 6.06. The molecule has 0 heterocycles. The van der Waals surface area contributed by atoms with Crippen LogP contribution in [-0.4, -0.2) is 19.7 Å². The Bertz CT molecular complexity index is 562. The van der Waals surface area contributed by atoms with Gasteiger partial charge in [0.05, 0.1) is 5.56 Å². The number of aldehydes is 1. The first kappa shape index (κ1) is 20.8. The number of phenolic OH excluding ortho intramolecular Hbond substituents is 1. The summed E-state index contributed by atoms with van der Waals surface area (Å²) in [6, 6.07) is 3.60. The quantitative estimate of drug-likeness (QED) is 0.501. The molecule has 0 aliphatic heterocycles. The first-order valence-electron chi connectivity index (χ1n) is 8.89. The molecule has 0 atom stereocenters. The van der Waals surface area contributed by atoms with Crippen LogP contribution in [0.3, 0.4) is 0 Å². The number of hydrogen-bond acceptors (Lipinski definition) is 3. The number of carbonyl (C=O) groups excluding carboxylic acids is 1. The van der Waals surface area contributed by atoms with Crippen molar-refractivity contribution in [1.82, 2.24) is 0 Å². The van der Waals surface area contributed by atoms with Crippen molar-refractivity contribution in [2.45, 2.75) is 84.4 Å². The molecule has 0 amide bonds. The van der Waals surface area contributed by atoms with Crippen LogP contribution in [0.2, 0.25) is 16.6 Å². The zero-order chi connectivity index (χ0) is 18.9. The van der Waals surface area contributed by atoms with Crippen LogP contribution >= 0.6 is 0 Å². The third kappa shape index (κ3) is 3.85. The van der Waals surface area contributed by atoms with Gasteiger partial charge in [-0.1, -0.05) is 62.3 Å². The lowest BCUT2D eigenvalue weighted by Crippen LogP contribution is -2.50. The Balaban J connectivity index is 3.53. The van der Waals surface area contributed by atoms with Crippen LogP contribution in [-0.2, 0) is 5.41 Å². The van der Waals surface area contributed by atoms with Crippen LogP contribution in [0, 0.1) is 0 Å². The third-order valence-corrected chi connectivity index (χ3v) is 11.1. The molecule has 1 rings (SSSR count). The van der Waals surface area contributed by atoms with Crippen molar-refractivity contribution in [3.05, 3.63) is 23.3 Å². The summed E-state index contributed by atoms with van der Waals surface area (Å²) in [5.41, 5.74) is 2.13. The Kier molecular flexibility index (Phi) is 6.31. The Morgan fingerprint density at radius 2 is 1.46 bits per heavy atom. The monoisotopic (exact) mass is 350 g/mol. The lowest BCUT2D eigenvalue weighted by Gasteiger charge is -2.42. The van der Waals surface area contributed by atoms with Gasteiger partial charge in [0.1, 0.15) is 11.5 Å². The first-order chi connectivity index (χ1) is 10.9. The van der Waals surface area contributed by atoms with E-state index < -0.39 is 8.32 Å². The van der Waals surface area contributed by atoms with Crippen LogP contribution in [0.15, 0.2) is 12.1 Å². The maximum atomic E-state index is 11.4. The smallest absolute Gasteiger partial charge is 0.258 e. The van der Waals surface area contributed by atoms with Crippen molar-refractivity contribution in [2.75, 3.05) is 0 Å². The van der Waals surface area contributed by atoms with Gasteiger partial charge in [0.15, 0.2) is 6.29 Å². The van der Waals surface area contributed by atoms with E-state index in [0.29, 0.717) is 34.2 Å². The van der Waals surface area contributed by atoms with Crippen molar-refractivity contribution < 1.29 is 14.3 Å². The number of carbonyl (C=O) groups is 1. The molecule has 4 heteroatoms. The highest BCUT2D eigenvalue weighted by atomic mass is 28.4. The van der Waals surface area contributed by atoms with E-state index >= 15 is 0 Å². The second-order valence-corrected chi connectivity index (χ2v) is 14.1. The minimum absolute atomic E-state index is 0.0655. The van der Waals surface area contributed by atoms with E-state index in [4.69, 9.17) is 4.43 Å². The number of phenols is 1. The van der Waals surface area contributed by atoms with Crippen molar-refractivity contribution in [1.29, 1.82) is 0 Å². The first-order valence-corrected chi connectivity index (χ1v) is 11.0. The zero-order valence-electron chi connectivity index (χ0n) is 16.7. The van der Waals surface area contributed by atoms with Crippen molar-refractivity contribution in [3.63, 3.8) is 0 Å². The van der Waals surface area contributed by atoms with E-state index in [2.05, 4.69) is 41.5 Å². The number of hydrogen-bond donors (Lipinski definition) is 1. The summed E-state index contributed by atoms with van der Waals surface area (Å²) in [5.74, 6) is 0.776. The maximum Gasteiger partial charge on any atom is 0.258 e. The molecule has 3 nitrogen and oxygen atoms in total. The van der Waals surface area contributed by atoms with Gasteiger partial charge in [-0.3, -0.25) is 4.79 Å². The number of aromatic hydroxyl groups is 1. The molecule has 0 saturated heterocycles. The van der Waals surface area contributed by atoms with Gasteiger partial charge >= 0.3 is 0 Å². The van der Waals surface area contributed by atoms with Gasteiger partial charge in [0, 0.05) is 5.56 Å². The molecule has 0 fully saturated rings. The van der Waals surface area contributed by atoms with Crippen molar-refractivity contribution >= 4 is 14.6 Å². The summed E-state index contributed by atoms with van der Waals surface area (Å²) < 4.78 is 6.69. The van der Waals surface area contributed by atoms with Gasteiger partial charge < -0.3 is 9.53 Å². The van der Waals surface area contributed by atoms with E-state index in [1.54, 1.807) is 6.07 Å². The van der Waals surface area contributed by atoms with Crippen LogP contribution in [0.5, 0.6) is 11.5 Å². The van der Waals surface area contributed by atoms with E-state index in [0.717, 1.165) is 5.56 Å². The van der Waals surface area contributed by atoms with Gasteiger partial charge in [0.25, 0.3) is 8.32 Å². The topological polar surface area (TPSA) is 46.5 Å². The Labute approximate surface area is 148 Å². The summed E-state index contributed by atoms with van der Waals surface area (Å²) in [6.07, 6.45) is 0.709. The molecule has 24 heavy (non-hydrogen) atoms. The fraction of sp³-hybridized carbons (Fsp3) is 0.650. The SMILES string of the molecule is CC(C)[Si](Oc1cc(C=O)c(O)c(C(C)(C)C)c1)(C(C)C)C(C)C. The standard InChI is InChI=1S/C20H34O3Si/c1-13(2)24(14(3)4,15(5)6)23-17-10-16(12-21)19(22)18(11-17)20(7,8)9/h10-15,22H,1-9H3. The normalized spacial score (nSPS) is 13.0. The van der Waals surface area contributed by atoms with Gasteiger partial charge in [-0.15, -0.1) is 0 Å². The van der Waals surface area contributed by atoms with Gasteiger partial charge in [-0.05, 0) is 34.2 Å². The largest absolute Gasteiger partial charge is 0.543 e. The van der Waals surface area contributed by atoms with E-state index in [1.165, 1.54) is 0 Å². The summed E-state index contributed by atoms with van der Waals surface area (Å²) in [6.45, 7) is 19.5. The molecule has 1 N–H and O–H groups in total. The molecule has 0 unspecified atom stereocenters. The van der Waals surface area contributed by atoms with Crippen LogP contribution < -0.4 is 4.43 Å². The Morgan fingerprint density at radius 3 is 1.79 bits per heavy atom. The van der Waals surface area contributed by atoms with Crippen molar-refractivity contribution in [3.8, 4) is 11.5 Å². The van der Waals surface area contributed by atoms with Crippen LogP contribution in [0.25, 0.3) is 0 Å². The van der Waals surface area contributed by atoms with E-state index in [-0.39, 0.29) is 11.2 Å². The number of rotatable bonds is 6. The van der Waals surface area contributed by atoms with Gasteiger partial charge in [-0.25, -0.2) is 0 Å². The molecule has 0 radical (unpaired) electrons. The van der Waals surface area contributed by atoms with E-state index in [1.807, 2.05) is 26.8 Å². The molecule has 0 aliphatic carbocycles. The molecule has 0 spiro atoms. The lowest BCUT2D eigenvalue weighted by molar-refractivity contribution is 0.112. The van der Waals surface area contributed by atoms with Gasteiger partial charge in [0.2, 0.25) is 0 Å². The highest BCUT2D eigenvalue weighted by molar-refractivity contribution is 6.78. The molecular formula is C20H34O3Si. The van der Waals surface area contributed by atoms with Gasteiger partial charge in [-0.2, -0.15) is 0 Å². The highest BCUT2D eigenvalue weighted by Crippen LogP contribution is 2.44. The Morgan fingerprint density at radius 1 is 1.00 bits per heavy atom. The van der Waals surface area contributed by atoms with Crippen molar-refractivity contribution in [2.24, 2.45) is 0 Å². The fourth-order valence-electron chi connectivity index (χ4n) is 3.91. The zero-order valence-corrected chi connectivity index (χ0v) is 17.7. The summed E-state index contributed by atoms with van der Waals surface area (Å²) >= 11 is 0. The average molecular weight is 351 g/mol. The maximum absolute atomic E-state index is 11.4. The predicted molar refractivity (Wildman–Crippen MR) is 104 cm³/mol. The molecule has 0 aromatic heterocycles. The fourth-order valence-corrected chi connectivity index (χ4v) is 9.14. The molecule has 0 saturated carbocycles. The molecular weight excluding hydrogens is 316 g/mol. The number of benzene rings is 1. The molecule has 0 aliphatic rings. The second-order valence-electron chi connectivity index (χ2n) is 8.70. The van der Waals surface area contributed by atoms with Crippen LogP contribution in [0.4, 0.5) is 0 Å². The molecule has 1 aromatic rings. The lowest BCUT2D eigenvalue weighted by atomic mass is 9.85. The second kappa shape index (κ2) is 7.30. The minimum atomic E-state index is -2.10. The Hall–Kier alpha value is -1.29. The average Bonchev–Trinajstić information content (AvgIpc) is 2.43. The highest BCUT2D eigenvalue weighted by Gasteiger charge is 2.47. The summed E-state index contributed by atoms with van der Waals surface area (Å²) in [4.78, 5) is 11.4. The molecule has 136 valence electrons. The van der Waals surface area contributed by atoms with E-state index in [9.17, 15) is 9.90 Å². The minimum Gasteiger partial charge on any atom is -0.543 e. The summed E-state index contributed by atoms with van der Waals surface area (Å²) in [5, 5.41) is 10.4. The third-order valence-electron chi connectivity index (χ3n) is 5.05. The molecule has 0 bridgehead atoms. The molecule has 1 aromatic carbocycles. The summed E-state index contributed by atoms with van der Waals surface area (Å²) in [7, 11) is -2.10.